The molecule has 2 rings (SSSR count). The summed E-state index contributed by atoms with van der Waals surface area (Å²) in [5.74, 6) is -0.140. The number of aromatic amines is 1. The number of nitrogens with zero attached hydrogens (tertiary/aromatic N) is 3. The van der Waals surface area contributed by atoms with Crippen LogP contribution in [0.5, 0.6) is 0 Å². The Kier molecular flexibility index (Phi) is 3.04. The van der Waals surface area contributed by atoms with Crippen molar-refractivity contribution in [3.05, 3.63) is 30.2 Å². The predicted octanol–water partition coefficient (Wildman–Crippen LogP) is 1.26. The van der Waals surface area contributed by atoms with Crippen LogP contribution in [0.4, 0.5) is 19.0 Å². The van der Waals surface area contributed by atoms with Crippen LogP contribution in [0.2, 0.25) is 0 Å². The molecule has 0 bridgehead atoms. The molecule has 0 atom stereocenters. The Bertz CT molecular complexity index is 531. The monoisotopic (exact) mass is 259 g/mol. The number of halogens is 3. The van der Waals surface area contributed by atoms with Crippen molar-refractivity contribution in [1.82, 2.24) is 20.0 Å². The number of hydrogen-bond donors (Lipinski definition) is 2. The summed E-state index contributed by atoms with van der Waals surface area (Å²) in [6.07, 6.45) is -1.98. The van der Waals surface area contributed by atoms with Gasteiger partial charge in [0.15, 0.2) is 5.69 Å². The maximum atomic E-state index is 12.3. The number of H-pyrrole nitrogens is 1. The summed E-state index contributed by atoms with van der Waals surface area (Å²) in [6, 6.07) is 2.33. The Balaban J connectivity index is 1.97. The second kappa shape index (κ2) is 4.51. The number of nitrogens with one attached hydrogen (secondary N) is 2. The van der Waals surface area contributed by atoms with Gasteiger partial charge in [0.2, 0.25) is 5.91 Å². The molecule has 0 aliphatic rings. The van der Waals surface area contributed by atoms with Crippen LogP contribution in [0.3, 0.4) is 0 Å². The number of carbonyl (C=O) groups excluding carboxylic acids is 1. The van der Waals surface area contributed by atoms with Crippen LogP contribution in [0, 0.1) is 0 Å². The zero-order valence-electron chi connectivity index (χ0n) is 8.90. The Morgan fingerprint density at radius 1 is 1.44 bits per heavy atom. The number of aromatic nitrogens is 4. The summed E-state index contributed by atoms with van der Waals surface area (Å²) in [4.78, 5) is 11.4. The third kappa shape index (κ3) is 2.87. The number of amides is 1. The highest BCUT2D eigenvalue weighted by Gasteiger charge is 2.33. The normalized spacial score (nSPS) is 11.5. The van der Waals surface area contributed by atoms with Gasteiger partial charge < -0.3 is 5.32 Å². The van der Waals surface area contributed by atoms with Crippen LogP contribution in [0.1, 0.15) is 5.69 Å². The first-order valence-corrected chi connectivity index (χ1v) is 4.85. The van der Waals surface area contributed by atoms with Gasteiger partial charge >= 0.3 is 6.18 Å². The molecule has 9 heteroatoms. The van der Waals surface area contributed by atoms with E-state index in [1.54, 1.807) is 0 Å². The summed E-state index contributed by atoms with van der Waals surface area (Å²) < 4.78 is 37.7. The molecule has 0 unspecified atom stereocenters. The molecule has 2 N–H and O–H groups in total. The van der Waals surface area contributed by atoms with E-state index >= 15 is 0 Å². The van der Waals surface area contributed by atoms with E-state index in [-0.39, 0.29) is 6.54 Å². The molecule has 0 saturated carbocycles. The number of hydrogen-bond acceptors (Lipinski definition) is 3. The van der Waals surface area contributed by atoms with Crippen LogP contribution in [-0.2, 0) is 17.5 Å². The van der Waals surface area contributed by atoms with E-state index in [1.165, 1.54) is 12.3 Å². The van der Waals surface area contributed by atoms with Crippen molar-refractivity contribution in [2.45, 2.75) is 12.7 Å². The summed E-state index contributed by atoms with van der Waals surface area (Å²) >= 11 is 0. The van der Waals surface area contributed by atoms with Crippen molar-refractivity contribution >= 4 is 11.7 Å². The minimum Gasteiger partial charge on any atom is -0.309 e. The molecule has 0 spiro atoms. The summed E-state index contributed by atoms with van der Waals surface area (Å²) in [6.45, 7) is -0.310. The van der Waals surface area contributed by atoms with Crippen molar-refractivity contribution in [2.24, 2.45) is 0 Å². The fourth-order valence-corrected chi connectivity index (χ4v) is 1.26. The van der Waals surface area contributed by atoms with Crippen LogP contribution >= 0.6 is 0 Å². The topological polar surface area (TPSA) is 75.6 Å². The standard InChI is InChI=1S/C9H8F3N5O/c10-9(11,12)6-2-4-17(16-6)5-8(18)14-7-1-3-13-15-7/h1-4H,5H2,(H2,13,14,15,18). The van der Waals surface area contributed by atoms with Gasteiger partial charge in [0.1, 0.15) is 12.4 Å². The maximum Gasteiger partial charge on any atom is 0.435 e. The van der Waals surface area contributed by atoms with Crippen molar-refractivity contribution in [1.29, 1.82) is 0 Å². The number of rotatable bonds is 3. The summed E-state index contributed by atoms with van der Waals surface area (Å²) in [7, 11) is 0. The van der Waals surface area contributed by atoms with E-state index in [4.69, 9.17) is 0 Å². The summed E-state index contributed by atoms with van der Waals surface area (Å²) in [5.41, 5.74) is -1.03. The van der Waals surface area contributed by atoms with E-state index in [9.17, 15) is 18.0 Å². The van der Waals surface area contributed by atoms with Gasteiger partial charge in [0, 0.05) is 12.3 Å². The summed E-state index contributed by atoms with van der Waals surface area (Å²) in [5, 5.41) is 11.8. The van der Waals surface area contributed by atoms with Gasteiger partial charge in [-0.1, -0.05) is 0 Å². The van der Waals surface area contributed by atoms with Crippen molar-refractivity contribution < 1.29 is 18.0 Å². The highest BCUT2D eigenvalue weighted by Crippen LogP contribution is 2.27. The zero-order chi connectivity index (χ0) is 13.2. The Labute approximate surface area is 98.8 Å². The first-order chi connectivity index (χ1) is 8.45. The lowest BCUT2D eigenvalue weighted by atomic mass is 10.4. The first kappa shape index (κ1) is 12.1. The van der Waals surface area contributed by atoms with Gasteiger partial charge in [-0.25, -0.2) is 0 Å². The molecule has 2 aromatic heterocycles. The second-order valence-electron chi connectivity index (χ2n) is 3.41. The van der Waals surface area contributed by atoms with Crippen molar-refractivity contribution in [3.63, 3.8) is 0 Å². The smallest absolute Gasteiger partial charge is 0.309 e. The molecule has 0 aliphatic heterocycles. The van der Waals surface area contributed by atoms with Gasteiger partial charge in [0.25, 0.3) is 0 Å². The van der Waals surface area contributed by atoms with E-state index in [0.29, 0.717) is 5.82 Å². The van der Waals surface area contributed by atoms with E-state index in [1.807, 2.05) is 0 Å². The minimum absolute atomic E-state index is 0.310. The van der Waals surface area contributed by atoms with Gasteiger partial charge in [0.05, 0.1) is 6.20 Å². The highest BCUT2D eigenvalue weighted by atomic mass is 19.4. The molecule has 0 saturated heterocycles. The van der Waals surface area contributed by atoms with Crippen LogP contribution in [0.15, 0.2) is 24.5 Å². The zero-order valence-corrected chi connectivity index (χ0v) is 8.90. The molecule has 2 heterocycles. The Hall–Kier alpha value is -2.32. The molecule has 2 aromatic rings. The van der Waals surface area contributed by atoms with Crippen LogP contribution in [0.25, 0.3) is 0 Å². The van der Waals surface area contributed by atoms with Gasteiger partial charge in [-0.15, -0.1) is 0 Å². The lowest BCUT2D eigenvalue weighted by Gasteiger charge is -2.03. The Morgan fingerprint density at radius 2 is 2.22 bits per heavy atom. The third-order valence-corrected chi connectivity index (χ3v) is 2.01. The molecule has 0 fully saturated rings. The van der Waals surface area contributed by atoms with Gasteiger partial charge in [-0.2, -0.15) is 23.4 Å². The fraction of sp³-hybridized carbons (Fsp3) is 0.222. The molecule has 18 heavy (non-hydrogen) atoms. The van der Waals surface area contributed by atoms with Crippen molar-refractivity contribution in [2.75, 3.05) is 5.32 Å². The Morgan fingerprint density at radius 3 is 2.78 bits per heavy atom. The molecule has 0 aromatic carbocycles. The lowest BCUT2D eigenvalue weighted by Crippen LogP contribution is -2.20. The number of alkyl halides is 3. The largest absolute Gasteiger partial charge is 0.435 e. The molecule has 1 amide bonds. The van der Waals surface area contributed by atoms with E-state index < -0.39 is 17.8 Å². The second-order valence-corrected chi connectivity index (χ2v) is 3.41. The van der Waals surface area contributed by atoms with Gasteiger partial charge in [-0.3, -0.25) is 14.6 Å². The molecule has 0 radical (unpaired) electrons. The fourth-order valence-electron chi connectivity index (χ4n) is 1.26. The molecule has 0 aliphatic carbocycles. The molecule has 6 nitrogen and oxygen atoms in total. The van der Waals surface area contributed by atoms with E-state index in [0.717, 1.165) is 16.9 Å². The van der Waals surface area contributed by atoms with E-state index in [2.05, 4.69) is 20.6 Å². The number of anilines is 1. The minimum atomic E-state index is -4.51. The first-order valence-electron chi connectivity index (χ1n) is 4.85. The third-order valence-electron chi connectivity index (χ3n) is 2.01. The quantitative estimate of drug-likeness (QED) is 0.871. The lowest BCUT2D eigenvalue weighted by molar-refractivity contribution is -0.141. The highest BCUT2D eigenvalue weighted by molar-refractivity contribution is 5.89. The predicted molar refractivity (Wildman–Crippen MR) is 54.4 cm³/mol. The van der Waals surface area contributed by atoms with Gasteiger partial charge in [-0.05, 0) is 6.07 Å². The molecule has 96 valence electrons. The van der Waals surface area contributed by atoms with Crippen LogP contribution < -0.4 is 5.32 Å². The average molecular weight is 259 g/mol. The SMILES string of the molecule is O=C(Cn1ccc(C(F)(F)F)n1)Nc1ccn[nH]1. The molecular weight excluding hydrogens is 251 g/mol. The van der Waals surface area contributed by atoms with Crippen LogP contribution in [-0.4, -0.2) is 25.9 Å². The number of carbonyl (C=O) groups is 1. The average Bonchev–Trinajstić information content (AvgIpc) is 2.87. The maximum absolute atomic E-state index is 12.3. The molecular formula is C9H8F3N5O. The van der Waals surface area contributed by atoms with Crippen molar-refractivity contribution in [3.8, 4) is 0 Å².